The summed E-state index contributed by atoms with van der Waals surface area (Å²) in [6, 6.07) is 11.5. The zero-order valence-electron chi connectivity index (χ0n) is 13.9. The lowest BCUT2D eigenvalue weighted by Gasteiger charge is -2.09. The Labute approximate surface area is 152 Å². The van der Waals surface area contributed by atoms with Crippen molar-refractivity contribution in [3.63, 3.8) is 0 Å². The standard InChI is InChI=1S/C15H15NOS.CHF3O3S/c1-3-18(4-2)14-9-8-11(10-16)15-12(14)6-5-7-13(15)17;2-1(3,4)8(5,6)7/h5-9H,3-4H2,1-2H3;(H,5,6,7). The van der Waals surface area contributed by atoms with Crippen molar-refractivity contribution in [3.8, 4) is 11.8 Å². The van der Waals surface area contributed by atoms with Crippen LogP contribution in [0.3, 0.4) is 0 Å². The van der Waals surface area contributed by atoms with Crippen LogP contribution in [0.5, 0.6) is 5.75 Å². The molecule has 0 fully saturated rings. The number of phenols is 1. The van der Waals surface area contributed by atoms with Crippen LogP contribution in [-0.2, 0) is 21.0 Å². The third-order valence-electron chi connectivity index (χ3n) is 3.39. The summed E-state index contributed by atoms with van der Waals surface area (Å²) >= 11 is 0. The van der Waals surface area contributed by atoms with Crippen molar-refractivity contribution in [3.05, 3.63) is 35.9 Å². The zero-order valence-corrected chi connectivity index (χ0v) is 15.5. The highest BCUT2D eigenvalue weighted by Gasteiger charge is 2.36. The molecule has 26 heavy (non-hydrogen) atoms. The molecule has 0 atom stereocenters. The van der Waals surface area contributed by atoms with E-state index in [9.17, 15) is 18.3 Å². The van der Waals surface area contributed by atoms with Gasteiger partial charge in [0.05, 0.1) is 11.6 Å². The van der Waals surface area contributed by atoms with Crippen molar-refractivity contribution in [2.24, 2.45) is 0 Å². The number of hydrogen-bond acceptors (Lipinski definition) is 5. The van der Waals surface area contributed by atoms with Crippen LogP contribution in [0, 0.1) is 11.3 Å². The summed E-state index contributed by atoms with van der Waals surface area (Å²) in [7, 11) is -5.91. The van der Waals surface area contributed by atoms with Gasteiger partial charge in [0.15, 0.2) is 15.0 Å². The highest BCUT2D eigenvalue weighted by molar-refractivity contribution is 7.97. The number of nitrogens with zero attached hydrogens (tertiary/aromatic N) is 1. The van der Waals surface area contributed by atoms with Gasteiger partial charge in [0.1, 0.15) is 17.3 Å². The Morgan fingerprint density at radius 2 is 1.73 bits per heavy atom. The third kappa shape index (κ3) is 5.03. The van der Waals surface area contributed by atoms with Gasteiger partial charge < -0.3 is 9.66 Å². The van der Waals surface area contributed by atoms with Crippen LogP contribution in [0.25, 0.3) is 10.8 Å². The van der Waals surface area contributed by atoms with Crippen LogP contribution in [-0.4, -0.2) is 35.1 Å². The normalized spacial score (nSPS) is 11.8. The molecule has 0 bridgehead atoms. The first kappa shape index (κ1) is 22.1. The SMILES string of the molecule is CC[S+](CC)c1ccc(C#N)c2c(O)cccc12.O=S(=O)([O-])C(F)(F)F. The van der Waals surface area contributed by atoms with Crippen LogP contribution >= 0.6 is 0 Å². The predicted octanol–water partition coefficient (Wildman–Crippen LogP) is 3.49. The number of hydrogen-bond donors (Lipinski definition) is 1. The molecule has 0 spiro atoms. The largest absolute Gasteiger partial charge is 0.741 e. The molecule has 0 unspecified atom stereocenters. The minimum Gasteiger partial charge on any atom is -0.741 e. The lowest BCUT2D eigenvalue weighted by molar-refractivity contribution is -0.0517. The fourth-order valence-electron chi connectivity index (χ4n) is 2.22. The Bertz CT molecular complexity index is 917. The van der Waals surface area contributed by atoms with E-state index in [1.807, 2.05) is 24.3 Å². The number of phenolic OH excluding ortho intramolecular Hbond substituents is 1. The monoisotopic (exact) mass is 407 g/mol. The van der Waals surface area contributed by atoms with Crippen molar-refractivity contribution in [1.82, 2.24) is 0 Å². The first-order chi connectivity index (χ1) is 12.0. The zero-order chi connectivity index (χ0) is 20.1. The first-order valence-electron chi connectivity index (χ1n) is 7.32. The third-order valence-corrected chi connectivity index (χ3v) is 6.33. The van der Waals surface area contributed by atoms with Crippen molar-refractivity contribution >= 4 is 31.8 Å². The van der Waals surface area contributed by atoms with Crippen LogP contribution in [0.4, 0.5) is 13.2 Å². The quantitative estimate of drug-likeness (QED) is 0.477. The smallest absolute Gasteiger partial charge is 0.485 e. The lowest BCUT2D eigenvalue weighted by Crippen LogP contribution is -2.21. The van der Waals surface area contributed by atoms with Gasteiger partial charge in [-0.25, -0.2) is 8.42 Å². The van der Waals surface area contributed by atoms with Gasteiger partial charge in [-0.1, -0.05) is 6.07 Å². The molecule has 0 saturated heterocycles. The molecular formula is C16H16F3NO4S2. The fourth-order valence-corrected chi connectivity index (χ4v) is 3.99. The molecule has 1 N–H and O–H groups in total. The van der Waals surface area contributed by atoms with E-state index in [1.165, 1.54) is 4.90 Å². The highest BCUT2D eigenvalue weighted by Crippen LogP contribution is 2.33. The van der Waals surface area contributed by atoms with Crippen LogP contribution in [0.2, 0.25) is 0 Å². The number of rotatable bonds is 3. The van der Waals surface area contributed by atoms with Crippen LogP contribution < -0.4 is 0 Å². The summed E-state index contributed by atoms with van der Waals surface area (Å²) in [5.41, 5.74) is -5.10. The van der Waals surface area contributed by atoms with Gasteiger partial charge in [0, 0.05) is 21.7 Å². The van der Waals surface area contributed by atoms with Crippen LogP contribution in [0.15, 0.2) is 35.2 Å². The summed E-state index contributed by atoms with van der Waals surface area (Å²) < 4.78 is 58.9. The maximum atomic E-state index is 10.7. The molecule has 2 rings (SSSR count). The highest BCUT2D eigenvalue weighted by atomic mass is 32.2. The van der Waals surface area contributed by atoms with Gasteiger partial charge in [-0.2, -0.15) is 18.4 Å². The number of alkyl halides is 3. The molecule has 0 radical (unpaired) electrons. The van der Waals surface area contributed by atoms with E-state index < -0.39 is 15.6 Å². The number of fused-ring (bicyclic) bond motifs is 1. The number of benzene rings is 2. The summed E-state index contributed by atoms with van der Waals surface area (Å²) in [5.74, 6) is 2.38. The van der Waals surface area contributed by atoms with E-state index in [2.05, 4.69) is 19.9 Å². The second kappa shape index (κ2) is 8.62. The summed E-state index contributed by atoms with van der Waals surface area (Å²) in [6.45, 7) is 4.36. The van der Waals surface area contributed by atoms with Crippen LogP contribution in [0.1, 0.15) is 19.4 Å². The summed E-state index contributed by atoms with van der Waals surface area (Å²) in [4.78, 5) is 1.25. The second-order valence-electron chi connectivity index (χ2n) is 4.89. The molecule has 2 aromatic carbocycles. The van der Waals surface area contributed by atoms with Gasteiger partial charge in [-0.3, -0.25) is 0 Å². The molecule has 142 valence electrons. The Morgan fingerprint density at radius 3 is 2.15 bits per heavy atom. The molecule has 0 saturated carbocycles. The summed E-state index contributed by atoms with van der Waals surface area (Å²) in [6.07, 6.45) is 0. The molecule has 0 amide bonds. The number of nitriles is 1. The van der Waals surface area contributed by atoms with E-state index in [4.69, 9.17) is 18.2 Å². The van der Waals surface area contributed by atoms with E-state index in [0.717, 1.165) is 16.9 Å². The first-order valence-corrected chi connectivity index (χ1v) is 10.3. The molecular weight excluding hydrogens is 391 g/mol. The Morgan fingerprint density at radius 1 is 1.19 bits per heavy atom. The molecule has 0 heterocycles. The minimum atomic E-state index is -6.09. The lowest BCUT2D eigenvalue weighted by atomic mass is 10.0. The van der Waals surface area contributed by atoms with E-state index >= 15 is 0 Å². The molecule has 2 aromatic rings. The second-order valence-corrected chi connectivity index (χ2v) is 8.84. The number of halogens is 3. The molecule has 0 aliphatic carbocycles. The van der Waals surface area contributed by atoms with Gasteiger partial charge in [-0.05, 0) is 38.1 Å². The minimum absolute atomic E-state index is 0.185. The molecule has 0 aromatic heterocycles. The predicted molar refractivity (Wildman–Crippen MR) is 92.8 cm³/mol. The fraction of sp³-hybridized carbons (Fsp3) is 0.312. The summed E-state index contributed by atoms with van der Waals surface area (Å²) in [5, 5.41) is 20.8. The van der Waals surface area contributed by atoms with E-state index in [1.54, 1.807) is 6.07 Å². The Hall–Kier alpha value is -1.96. The van der Waals surface area contributed by atoms with Crippen molar-refractivity contribution in [2.75, 3.05) is 11.5 Å². The van der Waals surface area contributed by atoms with Gasteiger partial charge >= 0.3 is 5.51 Å². The topological polar surface area (TPSA) is 101 Å². The molecule has 0 aliphatic rings. The van der Waals surface area contributed by atoms with Gasteiger partial charge in [0.2, 0.25) is 0 Å². The Balaban J connectivity index is 0.000000359. The van der Waals surface area contributed by atoms with E-state index in [-0.39, 0.29) is 16.6 Å². The Kier molecular flexibility index (Phi) is 7.32. The van der Waals surface area contributed by atoms with Crippen molar-refractivity contribution in [1.29, 1.82) is 5.26 Å². The molecule has 5 nitrogen and oxygen atoms in total. The van der Waals surface area contributed by atoms with Crippen molar-refractivity contribution < 1.29 is 31.2 Å². The maximum absolute atomic E-state index is 10.7. The van der Waals surface area contributed by atoms with Crippen molar-refractivity contribution in [2.45, 2.75) is 24.3 Å². The van der Waals surface area contributed by atoms with E-state index in [0.29, 0.717) is 10.9 Å². The maximum Gasteiger partial charge on any atom is 0.485 e. The molecule has 0 aliphatic heterocycles. The van der Waals surface area contributed by atoms with Gasteiger partial charge in [-0.15, -0.1) is 0 Å². The average molecular weight is 407 g/mol. The van der Waals surface area contributed by atoms with Gasteiger partial charge in [0.25, 0.3) is 0 Å². The molecule has 10 heteroatoms. The average Bonchev–Trinajstić information content (AvgIpc) is 2.55. The number of aromatic hydroxyl groups is 1.